The van der Waals surface area contributed by atoms with Crippen LogP contribution in [0, 0.1) is 17.5 Å². The van der Waals surface area contributed by atoms with Crippen LogP contribution < -0.4 is 5.32 Å². The van der Waals surface area contributed by atoms with Gasteiger partial charge in [0.2, 0.25) is 0 Å². The Morgan fingerprint density at radius 3 is 2.35 bits per heavy atom. The molecule has 0 saturated heterocycles. The summed E-state index contributed by atoms with van der Waals surface area (Å²) in [6, 6.07) is 1.87. The van der Waals surface area contributed by atoms with Gasteiger partial charge in [0.1, 0.15) is 0 Å². The second-order valence-electron chi connectivity index (χ2n) is 4.98. The number of nitrogens with zero attached hydrogens (tertiary/aromatic N) is 2. The summed E-state index contributed by atoms with van der Waals surface area (Å²) >= 11 is 0. The third kappa shape index (κ3) is 2.95. The maximum absolute atomic E-state index is 13.1. The van der Waals surface area contributed by atoms with E-state index in [4.69, 9.17) is 0 Å². The highest BCUT2D eigenvalue weighted by molar-refractivity contribution is 5.45. The number of nitrogens with one attached hydrogen (secondary N) is 1. The first-order valence-electron chi connectivity index (χ1n) is 6.29. The number of anilines is 1. The van der Waals surface area contributed by atoms with Gasteiger partial charge in [-0.3, -0.25) is 4.68 Å². The monoisotopic (exact) mass is 283 g/mol. The quantitative estimate of drug-likeness (QED) is 0.869. The lowest BCUT2D eigenvalue weighted by atomic mass is 10.1. The van der Waals surface area contributed by atoms with E-state index in [1.165, 1.54) is 0 Å². The summed E-state index contributed by atoms with van der Waals surface area (Å²) in [6.45, 7) is 4.40. The van der Waals surface area contributed by atoms with Crippen molar-refractivity contribution < 1.29 is 13.2 Å². The van der Waals surface area contributed by atoms with Gasteiger partial charge in [0, 0.05) is 43.2 Å². The zero-order valence-electron chi connectivity index (χ0n) is 11.5. The second-order valence-corrected chi connectivity index (χ2v) is 4.98. The van der Waals surface area contributed by atoms with Crippen LogP contribution in [-0.2, 0) is 13.6 Å². The van der Waals surface area contributed by atoms with E-state index in [-0.39, 0.29) is 11.6 Å². The zero-order valence-corrected chi connectivity index (χ0v) is 11.5. The van der Waals surface area contributed by atoms with Crippen molar-refractivity contribution in [1.82, 2.24) is 9.78 Å². The third-order valence-electron chi connectivity index (χ3n) is 2.95. The molecule has 0 unspecified atom stereocenters. The highest BCUT2D eigenvalue weighted by atomic mass is 19.2. The Bertz CT molecular complexity index is 597. The summed E-state index contributed by atoms with van der Waals surface area (Å²) in [5, 5.41) is 7.22. The lowest BCUT2D eigenvalue weighted by Gasteiger charge is -2.09. The first-order chi connectivity index (χ1) is 9.38. The van der Waals surface area contributed by atoms with Gasteiger partial charge in [-0.15, -0.1) is 0 Å². The van der Waals surface area contributed by atoms with Crippen molar-refractivity contribution in [3.8, 4) is 0 Å². The maximum atomic E-state index is 13.1. The van der Waals surface area contributed by atoms with Crippen LogP contribution in [0.15, 0.2) is 18.3 Å². The Kier molecular flexibility index (Phi) is 4.01. The topological polar surface area (TPSA) is 29.9 Å². The Balaban J connectivity index is 2.17. The molecular formula is C14H16F3N3. The van der Waals surface area contributed by atoms with Crippen LogP contribution in [0.25, 0.3) is 0 Å². The Labute approximate surface area is 115 Å². The van der Waals surface area contributed by atoms with Gasteiger partial charge in [0.05, 0.1) is 5.69 Å². The van der Waals surface area contributed by atoms with Gasteiger partial charge in [-0.1, -0.05) is 13.8 Å². The number of aryl methyl sites for hydroxylation is 1. The molecule has 0 bridgehead atoms. The van der Waals surface area contributed by atoms with Gasteiger partial charge in [0.25, 0.3) is 0 Å². The number of aromatic nitrogens is 2. The van der Waals surface area contributed by atoms with Crippen LogP contribution in [0.5, 0.6) is 0 Å². The number of rotatable bonds is 4. The minimum Gasteiger partial charge on any atom is -0.381 e. The number of benzene rings is 1. The van der Waals surface area contributed by atoms with E-state index in [1.807, 2.05) is 27.1 Å². The van der Waals surface area contributed by atoms with E-state index in [9.17, 15) is 13.2 Å². The lowest BCUT2D eigenvalue weighted by molar-refractivity contribution is 0.447. The van der Waals surface area contributed by atoms with Crippen LogP contribution in [0.1, 0.15) is 31.0 Å². The standard InChI is InChI=1S/C14H16F3N3/c1-8(2)14-9(7-20(3)19-14)6-18-10-4-11(15)13(17)12(16)5-10/h4-5,7-8,18H,6H2,1-3H3. The molecule has 3 nitrogen and oxygen atoms in total. The minimum atomic E-state index is -1.46. The average molecular weight is 283 g/mol. The van der Waals surface area contributed by atoms with Gasteiger partial charge >= 0.3 is 0 Å². The summed E-state index contributed by atoms with van der Waals surface area (Å²) in [5.74, 6) is -3.62. The molecule has 0 saturated carbocycles. The van der Waals surface area contributed by atoms with Crippen molar-refractivity contribution in [3.05, 3.63) is 47.0 Å². The Hall–Kier alpha value is -1.98. The molecule has 2 aromatic rings. The van der Waals surface area contributed by atoms with E-state index in [0.29, 0.717) is 6.54 Å². The van der Waals surface area contributed by atoms with Gasteiger partial charge in [-0.05, 0) is 5.92 Å². The number of halogens is 3. The molecule has 0 radical (unpaired) electrons. The van der Waals surface area contributed by atoms with Crippen molar-refractivity contribution in [2.45, 2.75) is 26.3 Å². The summed E-state index contributed by atoms with van der Waals surface area (Å²) < 4.78 is 40.8. The van der Waals surface area contributed by atoms with Crippen LogP contribution in [0.4, 0.5) is 18.9 Å². The molecule has 6 heteroatoms. The van der Waals surface area contributed by atoms with Crippen LogP contribution in [0.3, 0.4) is 0 Å². The normalized spacial score (nSPS) is 11.2. The molecule has 108 valence electrons. The number of hydrogen-bond donors (Lipinski definition) is 1. The van der Waals surface area contributed by atoms with Gasteiger partial charge in [0.15, 0.2) is 17.5 Å². The maximum Gasteiger partial charge on any atom is 0.194 e. The SMILES string of the molecule is CC(C)c1nn(C)cc1CNc1cc(F)c(F)c(F)c1. The summed E-state index contributed by atoms with van der Waals surface area (Å²) in [4.78, 5) is 0. The number of hydrogen-bond acceptors (Lipinski definition) is 2. The van der Waals surface area contributed by atoms with E-state index in [2.05, 4.69) is 10.4 Å². The molecule has 0 aliphatic heterocycles. The molecule has 0 atom stereocenters. The fourth-order valence-corrected chi connectivity index (χ4v) is 2.03. The van der Waals surface area contributed by atoms with Crippen molar-refractivity contribution in [2.75, 3.05) is 5.32 Å². The smallest absolute Gasteiger partial charge is 0.194 e. The summed E-state index contributed by atoms with van der Waals surface area (Å²) in [7, 11) is 1.81. The van der Waals surface area contributed by atoms with Crippen molar-refractivity contribution >= 4 is 5.69 Å². The predicted molar refractivity (Wildman–Crippen MR) is 70.9 cm³/mol. The first kappa shape index (κ1) is 14.4. The van der Waals surface area contributed by atoms with Gasteiger partial charge in [-0.25, -0.2) is 13.2 Å². The Morgan fingerprint density at radius 2 is 1.80 bits per heavy atom. The molecule has 1 aromatic heterocycles. The average Bonchev–Trinajstić information content (AvgIpc) is 2.74. The van der Waals surface area contributed by atoms with E-state index in [1.54, 1.807) is 4.68 Å². The summed E-state index contributed by atoms with van der Waals surface area (Å²) in [6.07, 6.45) is 1.85. The van der Waals surface area contributed by atoms with Gasteiger partial charge in [-0.2, -0.15) is 5.10 Å². The fourth-order valence-electron chi connectivity index (χ4n) is 2.03. The second kappa shape index (κ2) is 5.56. The molecule has 1 heterocycles. The fraction of sp³-hybridized carbons (Fsp3) is 0.357. The molecule has 0 fully saturated rings. The molecule has 1 N–H and O–H groups in total. The van der Waals surface area contributed by atoms with Crippen LogP contribution in [0.2, 0.25) is 0 Å². The molecule has 0 aliphatic carbocycles. The van der Waals surface area contributed by atoms with E-state index >= 15 is 0 Å². The first-order valence-corrected chi connectivity index (χ1v) is 6.29. The molecule has 1 aromatic carbocycles. The van der Waals surface area contributed by atoms with Crippen molar-refractivity contribution in [1.29, 1.82) is 0 Å². The van der Waals surface area contributed by atoms with Crippen molar-refractivity contribution in [3.63, 3.8) is 0 Å². The summed E-state index contributed by atoms with van der Waals surface area (Å²) in [5.41, 5.74) is 2.05. The molecular weight excluding hydrogens is 267 g/mol. The molecule has 20 heavy (non-hydrogen) atoms. The predicted octanol–water partition coefficient (Wildman–Crippen LogP) is 3.57. The van der Waals surface area contributed by atoms with Crippen LogP contribution >= 0.6 is 0 Å². The lowest BCUT2D eigenvalue weighted by Crippen LogP contribution is -2.04. The minimum absolute atomic E-state index is 0.194. The third-order valence-corrected chi connectivity index (χ3v) is 2.95. The molecule has 0 amide bonds. The molecule has 2 rings (SSSR count). The Morgan fingerprint density at radius 1 is 1.20 bits per heavy atom. The van der Waals surface area contributed by atoms with Gasteiger partial charge < -0.3 is 5.32 Å². The van der Waals surface area contributed by atoms with E-state index in [0.717, 1.165) is 23.4 Å². The molecule has 0 spiro atoms. The van der Waals surface area contributed by atoms with Crippen molar-refractivity contribution in [2.24, 2.45) is 7.05 Å². The highest BCUT2D eigenvalue weighted by Gasteiger charge is 2.13. The van der Waals surface area contributed by atoms with Crippen LogP contribution in [-0.4, -0.2) is 9.78 Å². The van der Waals surface area contributed by atoms with E-state index < -0.39 is 17.5 Å². The highest BCUT2D eigenvalue weighted by Crippen LogP contribution is 2.21. The largest absolute Gasteiger partial charge is 0.381 e. The zero-order chi connectivity index (χ0) is 14.9. The molecule has 0 aliphatic rings.